The van der Waals surface area contributed by atoms with Crippen LogP contribution in [0.25, 0.3) is 16.6 Å². The largest absolute Gasteiger partial charge is 0.417 e. The maximum atomic E-state index is 13.1. The summed E-state index contributed by atoms with van der Waals surface area (Å²) in [4.78, 5) is 32.0. The van der Waals surface area contributed by atoms with Gasteiger partial charge in [-0.1, -0.05) is 11.6 Å². The van der Waals surface area contributed by atoms with Crippen LogP contribution in [-0.4, -0.2) is 52.6 Å². The number of nitrogens with one attached hydrogen (secondary N) is 3. The molecule has 0 radical (unpaired) electrons. The quantitative estimate of drug-likeness (QED) is 0.248. The van der Waals surface area contributed by atoms with Gasteiger partial charge in [0.1, 0.15) is 0 Å². The zero-order valence-corrected chi connectivity index (χ0v) is 22.0. The molecular formula is C28H26ClF3N6O2. The minimum atomic E-state index is -4.65. The highest BCUT2D eigenvalue weighted by Gasteiger charge is 2.33. The van der Waals surface area contributed by atoms with Crippen LogP contribution >= 0.6 is 11.6 Å². The lowest BCUT2D eigenvalue weighted by Crippen LogP contribution is -2.33. The number of likely N-dealkylation sites (tertiary alicyclic amines) is 1. The monoisotopic (exact) mass is 570 g/mol. The van der Waals surface area contributed by atoms with Crippen molar-refractivity contribution in [3.8, 4) is 5.69 Å². The summed E-state index contributed by atoms with van der Waals surface area (Å²) in [5, 5.41) is 8.29. The van der Waals surface area contributed by atoms with Crippen molar-refractivity contribution < 1.29 is 22.8 Å². The molecule has 3 N–H and O–H groups in total. The number of amides is 3. The lowest BCUT2D eigenvalue weighted by atomic mass is 10.2. The van der Waals surface area contributed by atoms with E-state index < -0.39 is 22.8 Å². The number of hydrogen-bond donors (Lipinski definition) is 3. The van der Waals surface area contributed by atoms with Crippen molar-refractivity contribution >= 4 is 45.8 Å². The molecular weight excluding hydrogens is 545 g/mol. The molecule has 0 saturated carbocycles. The molecule has 2 aromatic carbocycles. The first kappa shape index (κ1) is 27.5. The normalized spacial score (nSPS) is 13.9. The highest BCUT2D eigenvalue weighted by molar-refractivity contribution is 6.31. The van der Waals surface area contributed by atoms with E-state index in [1.807, 2.05) is 4.57 Å². The number of benzene rings is 2. The zero-order valence-electron chi connectivity index (χ0n) is 21.3. The van der Waals surface area contributed by atoms with Gasteiger partial charge in [0, 0.05) is 47.9 Å². The number of aromatic nitrogens is 2. The second-order valence-electron chi connectivity index (χ2n) is 9.43. The maximum absolute atomic E-state index is 13.1. The Kier molecular flexibility index (Phi) is 7.95. The third-order valence-corrected chi connectivity index (χ3v) is 7.03. The molecule has 3 heterocycles. The molecule has 0 bridgehead atoms. The fraction of sp³-hybridized carbons (Fsp3) is 0.250. The van der Waals surface area contributed by atoms with Crippen molar-refractivity contribution in [2.75, 3.05) is 36.8 Å². The standard InChI is InChI=1S/C28H26ClF3N6O2/c29-24-8-5-19(15-23(24)28(30,31)32)36-27(40)35-18-3-6-20(7-4-18)38-17-22(21-9-10-33-16-25(21)38)26(39)34-11-14-37-12-1-2-13-37/h3-10,15-17H,1-2,11-14H2,(H,34,39)(H2,35,36,40). The van der Waals surface area contributed by atoms with Gasteiger partial charge in [-0.3, -0.25) is 9.78 Å². The van der Waals surface area contributed by atoms with Crippen molar-refractivity contribution in [1.29, 1.82) is 0 Å². The molecule has 3 amide bonds. The minimum absolute atomic E-state index is 0.0524. The van der Waals surface area contributed by atoms with Crippen LogP contribution in [0.5, 0.6) is 0 Å². The third kappa shape index (κ3) is 6.21. The van der Waals surface area contributed by atoms with Gasteiger partial charge in [-0.15, -0.1) is 0 Å². The number of urea groups is 1. The lowest BCUT2D eigenvalue weighted by molar-refractivity contribution is -0.137. The topological polar surface area (TPSA) is 91.3 Å². The van der Waals surface area contributed by atoms with Crippen LogP contribution in [0.2, 0.25) is 5.02 Å². The molecule has 208 valence electrons. The summed E-state index contributed by atoms with van der Waals surface area (Å²) >= 11 is 5.64. The van der Waals surface area contributed by atoms with E-state index in [0.29, 0.717) is 17.8 Å². The van der Waals surface area contributed by atoms with Crippen LogP contribution in [0, 0.1) is 0 Å². The van der Waals surface area contributed by atoms with E-state index in [4.69, 9.17) is 11.6 Å². The van der Waals surface area contributed by atoms with E-state index in [2.05, 4.69) is 25.8 Å². The molecule has 0 unspecified atom stereocenters. The van der Waals surface area contributed by atoms with E-state index in [1.165, 1.54) is 18.9 Å². The number of halogens is 4. The number of hydrogen-bond acceptors (Lipinski definition) is 4. The minimum Gasteiger partial charge on any atom is -0.351 e. The Labute approximate surface area is 233 Å². The summed E-state index contributed by atoms with van der Waals surface area (Å²) in [6.07, 6.45) is 2.81. The summed E-state index contributed by atoms with van der Waals surface area (Å²) in [6, 6.07) is 11.0. The summed E-state index contributed by atoms with van der Waals surface area (Å²) in [6.45, 7) is 3.50. The smallest absolute Gasteiger partial charge is 0.351 e. The van der Waals surface area contributed by atoms with Gasteiger partial charge in [0.15, 0.2) is 0 Å². The predicted octanol–water partition coefficient (Wildman–Crippen LogP) is 6.17. The van der Waals surface area contributed by atoms with Crippen LogP contribution in [0.1, 0.15) is 28.8 Å². The molecule has 12 heteroatoms. The van der Waals surface area contributed by atoms with E-state index in [0.717, 1.165) is 48.4 Å². The number of carbonyl (C=O) groups excluding carboxylic acids is 2. The Morgan fingerprint density at radius 2 is 1.68 bits per heavy atom. The van der Waals surface area contributed by atoms with Crippen LogP contribution in [0.4, 0.5) is 29.3 Å². The Bertz CT molecular complexity index is 1530. The zero-order chi connectivity index (χ0) is 28.3. The van der Waals surface area contributed by atoms with Gasteiger partial charge < -0.3 is 25.4 Å². The van der Waals surface area contributed by atoms with Crippen molar-refractivity contribution in [2.45, 2.75) is 19.0 Å². The molecule has 0 aliphatic carbocycles. The maximum Gasteiger partial charge on any atom is 0.417 e. The van der Waals surface area contributed by atoms with Crippen molar-refractivity contribution in [2.24, 2.45) is 0 Å². The van der Waals surface area contributed by atoms with Crippen LogP contribution in [0.3, 0.4) is 0 Å². The van der Waals surface area contributed by atoms with Crippen molar-refractivity contribution in [1.82, 2.24) is 19.8 Å². The fourth-order valence-corrected chi connectivity index (χ4v) is 4.94. The molecule has 0 spiro atoms. The summed E-state index contributed by atoms with van der Waals surface area (Å²) < 4.78 is 41.2. The summed E-state index contributed by atoms with van der Waals surface area (Å²) in [5.74, 6) is -0.167. The number of alkyl halides is 3. The molecule has 1 aliphatic heterocycles. The number of rotatable bonds is 7. The van der Waals surface area contributed by atoms with Gasteiger partial charge in [0.25, 0.3) is 5.91 Å². The van der Waals surface area contributed by atoms with Crippen LogP contribution in [0.15, 0.2) is 67.1 Å². The Morgan fingerprint density at radius 3 is 2.40 bits per heavy atom. The Morgan fingerprint density at radius 1 is 0.975 bits per heavy atom. The van der Waals surface area contributed by atoms with E-state index >= 15 is 0 Å². The van der Waals surface area contributed by atoms with Gasteiger partial charge in [0.2, 0.25) is 0 Å². The molecule has 2 aromatic heterocycles. The SMILES string of the molecule is O=C(Nc1ccc(-n2cc(C(=O)NCCN3CCCC3)c3ccncc32)cc1)Nc1ccc(Cl)c(C(F)(F)F)c1. The highest BCUT2D eigenvalue weighted by Crippen LogP contribution is 2.36. The summed E-state index contributed by atoms with van der Waals surface area (Å²) in [7, 11) is 0. The second kappa shape index (κ2) is 11.6. The Balaban J connectivity index is 1.27. The average Bonchev–Trinajstić information content (AvgIpc) is 3.58. The highest BCUT2D eigenvalue weighted by atomic mass is 35.5. The van der Waals surface area contributed by atoms with Gasteiger partial charge in [-0.25, -0.2) is 4.79 Å². The number of nitrogens with zero attached hydrogens (tertiary/aromatic N) is 3. The first-order valence-electron chi connectivity index (χ1n) is 12.7. The number of carbonyl (C=O) groups is 2. The van der Waals surface area contributed by atoms with Gasteiger partial charge >= 0.3 is 12.2 Å². The predicted molar refractivity (Wildman–Crippen MR) is 148 cm³/mol. The van der Waals surface area contributed by atoms with Gasteiger partial charge in [-0.2, -0.15) is 13.2 Å². The molecule has 1 saturated heterocycles. The fourth-order valence-electron chi connectivity index (χ4n) is 4.72. The van der Waals surface area contributed by atoms with E-state index in [9.17, 15) is 22.8 Å². The van der Waals surface area contributed by atoms with Gasteiger partial charge in [0.05, 0.1) is 27.9 Å². The molecule has 5 rings (SSSR count). The first-order valence-corrected chi connectivity index (χ1v) is 13.1. The number of anilines is 2. The Hall–Kier alpha value is -4.09. The number of fused-ring (bicyclic) bond motifs is 1. The molecule has 40 heavy (non-hydrogen) atoms. The van der Waals surface area contributed by atoms with E-state index in [-0.39, 0.29) is 11.6 Å². The summed E-state index contributed by atoms with van der Waals surface area (Å²) in [5.41, 5.74) is 1.33. The molecule has 0 atom stereocenters. The number of pyridine rings is 1. The van der Waals surface area contributed by atoms with Crippen molar-refractivity contribution in [3.63, 3.8) is 0 Å². The van der Waals surface area contributed by atoms with E-state index in [1.54, 1.807) is 48.9 Å². The average molecular weight is 571 g/mol. The molecule has 4 aromatic rings. The molecule has 1 aliphatic rings. The van der Waals surface area contributed by atoms with Crippen LogP contribution in [-0.2, 0) is 6.18 Å². The van der Waals surface area contributed by atoms with Gasteiger partial charge in [-0.05, 0) is 74.5 Å². The molecule has 1 fully saturated rings. The second-order valence-corrected chi connectivity index (χ2v) is 9.84. The van der Waals surface area contributed by atoms with Crippen LogP contribution < -0.4 is 16.0 Å². The molecule has 8 nitrogen and oxygen atoms in total. The first-order chi connectivity index (χ1) is 19.2. The lowest BCUT2D eigenvalue weighted by Gasteiger charge is -2.14. The van der Waals surface area contributed by atoms with Crippen molar-refractivity contribution in [3.05, 3.63) is 83.3 Å². The third-order valence-electron chi connectivity index (χ3n) is 6.70.